The van der Waals surface area contributed by atoms with Gasteiger partial charge in [0.25, 0.3) is 11.5 Å². The molecular weight excluding hydrogens is 288 g/mol. The minimum Gasteiger partial charge on any atom is -0.480 e. The first-order valence-corrected chi connectivity index (χ1v) is 6.85. The zero-order chi connectivity index (χ0) is 15.7. The van der Waals surface area contributed by atoms with Gasteiger partial charge in [-0.3, -0.25) is 9.59 Å². The number of furan rings is 1. The third-order valence-electron chi connectivity index (χ3n) is 3.91. The highest BCUT2D eigenvalue weighted by Crippen LogP contribution is 2.32. The Labute approximate surface area is 125 Å². The summed E-state index contributed by atoms with van der Waals surface area (Å²) in [5.41, 5.74) is -1.51. The van der Waals surface area contributed by atoms with Gasteiger partial charge < -0.3 is 19.8 Å². The van der Waals surface area contributed by atoms with Crippen molar-refractivity contribution in [1.82, 2.24) is 10.3 Å². The van der Waals surface area contributed by atoms with E-state index in [4.69, 9.17) is 4.42 Å². The number of aromatic amines is 1. The number of aromatic nitrogens is 1. The highest BCUT2D eigenvalue weighted by atomic mass is 16.4. The van der Waals surface area contributed by atoms with Gasteiger partial charge in [0.15, 0.2) is 0 Å². The molecule has 114 valence electrons. The van der Waals surface area contributed by atoms with Crippen LogP contribution in [0.25, 0.3) is 11.5 Å². The standard InChI is InChI=1S/C15H14N2O5/c18-12-9(4-5-10(16-12)11-3-1-8-22-11)13(19)17-15(14(20)21)6-2-7-15/h1,3-5,8H,2,6-7H2,(H,16,18)(H,17,19)(H,20,21). The number of H-pyrrole nitrogens is 1. The lowest BCUT2D eigenvalue weighted by molar-refractivity contribution is -0.148. The van der Waals surface area contributed by atoms with Crippen molar-refractivity contribution < 1.29 is 19.1 Å². The van der Waals surface area contributed by atoms with E-state index in [0.29, 0.717) is 24.3 Å². The lowest BCUT2D eigenvalue weighted by atomic mass is 9.76. The molecular formula is C15H14N2O5. The van der Waals surface area contributed by atoms with Crippen molar-refractivity contribution in [3.05, 3.63) is 46.4 Å². The topological polar surface area (TPSA) is 112 Å². The molecule has 1 saturated carbocycles. The summed E-state index contributed by atoms with van der Waals surface area (Å²) in [6.45, 7) is 0. The number of hydrogen-bond acceptors (Lipinski definition) is 4. The van der Waals surface area contributed by atoms with Gasteiger partial charge in [0.2, 0.25) is 0 Å². The Hall–Kier alpha value is -2.83. The summed E-state index contributed by atoms with van der Waals surface area (Å²) >= 11 is 0. The van der Waals surface area contributed by atoms with E-state index in [0.717, 1.165) is 6.42 Å². The highest BCUT2D eigenvalue weighted by Gasteiger charge is 2.46. The summed E-state index contributed by atoms with van der Waals surface area (Å²) in [5, 5.41) is 11.7. The van der Waals surface area contributed by atoms with Crippen LogP contribution >= 0.6 is 0 Å². The summed E-state index contributed by atoms with van der Waals surface area (Å²) in [4.78, 5) is 38.0. The van der Waals surface area contributed by atoms with Gasteiger partial charge in [-0.05, 0) is 43.5 Å². The van der Waals surface area contributed by atoms with Crippen LogP contribution in [-0.2, 0) is 4.79 Å². The minimum atomic E-state index is -1.25. The van der Waals surface area contributed by atoms with Gasteiger partial charge >= 0.3 is 5.97 Å². The number of hydrogen-bond donors (Lipinski definition) is 3. The van der Waals surface area contributed by atoms with Gasteiger partial charge in [-0.15, -0.1) is 0 Å². The molecule has 1 aliphatic carbocycles. The number of carbonyl (C=O) groups is 2. The second-order valence-corrected chi connectivity index (χ2v) is 5.29. The van der Waals surface area contributed by atoms with E-state index in [-0.39, 0.29) is 5.56 Å². The van der Waals surface area contributed by atoms with Crippen LogP contribution < -0.4 is 10.9 Å². The first-order valence-electron chi connectivity index (χ1n) is 6.85. The number of aliphatic carboxylic acids is 1. The quantitative estimate of drug-likeness (QED) is 0.789. The molecule has 3 N–H and O–H groups in total. The number of rotatable bonds is 4. The number of carboxylic acid groups (broad SMARTS) is 1. The number of carboxylic acids is 1. The molecule has 0 aliphatic heterocycles. The van der Waals surface area contributed by atoms with Crippen molar-refractivity contribution in [2.75, 3.05) is 0 Å². The molecule has 0 bridgehead atoms. The average Bonchev–Trinajstić information content (AvgIpc) is 2.96. The fraction of sp³-hybridized carbons (Fsp3) is 0.267. The summed E-state index contributed by atoms with van der Waals surface area (Å²) in [7, 11) is 0. The summed E-state index contributed by atoms with van der Waals surface area (Å²) in [6, 6.07) is 6.27. The van der Waals surface area contributed by atoms with Gasteiger partial charge in [0.05, 0.1) is 12.0 Å². The van der Waals surface area contributed by atoms with Crippen LogP contribution in [0.3, 0.4) is 0 Å². The molecule has 0 radical (unpaired) electrons. The molecule has 0 spiro atoms. The Morgan fingerprint density at radius 1 is 1.27 bits per heavy atom. The molecule has 0 unspecified atom stereocenters. The predicted octanol–water partition coefficient (Wildman–Crippen LogP) is 1.37. The van der Waals surface area contributed by atoms with E-state index in [9.17, 15) is 19.5 Å². The molecule has 1 fully saturated rings. The van der Waals surface area contributed by atoms with E-state index in [1.807, 2.05) is 0 Å². The van der Waals surface area contributed by atoms with E-state index >= 15 is 0 Å². The molecule has 22 heavy (non-hydrogen) atoms. The average molecular weight is 302 g/mol. The number of nitrogens with one attached hydrogen (secondary N) is 2. The fourth-order valence-electron chi connectivity index (χ4n) is 2.44. The second kappa shape index (κ2) is 5.18. The number of amides is 1. The summed E-state index contributed by atoms with van der Waals surface area (Å²) < 4.78 is 5.17. The van der Waals surface area contributed by atoms with E-state index in [1.165, 1.54) is 12.3 Å². The largest absolute Gasteiger partial charge is 0.480 e. The molecule has 1 amide bonds. The molecule has 7 heteroatoms. The van der Waals surface area contributed by atoms with E-state index in [2.05, 4.69) is 10.3 Å². The summed E-state index contributed by atoms with van der Waals surface area (Å²) in [6.07, 6.45) is 2.95. The maximum absolute atomic E-state index is 12.2. The van der Waals surface area contributed by atoms with Crippen molar-refractivity contribution in [3.63, 3.8) is 0 Å². The van der Waals surface area contributed by atoms with Gasteiger partial charge in [0, 0.05) is 0 Å². The maximum Gasteiger partial charge on any atom is 0.329 e. The third kappa shape index (κ3) is 2.30. The molecule has 0 saturated heterocycles. The second-order valence-electron chi connectivity index (χ2n) is 5.29. The maximum atomic E-state index is 12.2. The van der Waals surface area contributed by atoms with Gasteiger partial charge in [-0.2, -0.15) is 0 Å². The Balaban J connectivity index is 1.85. The zero-order valence-electron chi connectivity index (χ0n) is 11.6. The molecule has 0 atom stereocenters. The van der Waals surface area contributed by atoms with Crippen molar-refractivity contribution >= 4 is 11.9 Å². The molecule has 0 aromatic carbocycles. The van der Waals surface area contributed by atoms with Crippen molar-refractivity contribution in [2.24, 2.45) is 0 Å². The van der Waals surface area contributed by atoms with Crippen LogP contribution in [-0.4, -0.2) is 27.5 Å². The van der Waals surface area contributed by atoms with Crippen LogP contribution in [0.5, 0.6) is 0 Å². The van der Waals surface area contributed by atoms with E-state index < -0.39 is 23.0 Å². The molecule has 2 aromatic rings. The molecule has 7 nitrogen and oxygen atoms in total. The minimum absolute atomic E-state index is 0.122. The van der Waals surface area contributed by atoms with Gasteiger partial charge in [0.1, 0.15) is 16.9 Å². The van der Waals surface area contributed by atoms with Crippen LogP contribution in [0.15, 0.2) is 39.7 Å². The third-order valence-corrected chi connectivity index (χ3v) is 3.91. The molecule has 2 heterocycles. The first-order chi connectivity index (χ1) is 10.5. The molecule has 1 aliphatic rings. The van der Waals surface area contributed by atoms with E-state index in [1.54, 1.807) is 18.2 Å². The van der Waals surface area contributed by atoms with Crippen molar-refractivity contribution in [3.8, 4) is 11.5 Å². The lowest BCUT2D eigenvalue weighted by Crippen LogP contribution is -2.59. The lowest BCUT2D eigenvalue weighted by Gasteiger charge is -2.38. The fourth-order valence-corrected chi connectivity index (χ4v) is 2.44. The van der Waals surface area contributed by atoms with Crippen LogP contribution in [0.4, 0.5) is 0 Å². The van der Waals surface area contributed by atoms with Crippen LogP contribution in [0.2, 0.25) is 0 Å². The Kier molecular flexibility index (Phi) is 3.32. The zero-order valence-corrected chi connectivity index (χ0v) is 11.6. The van der Waals surface area contributed by atoms with Crippen molar-refractivity contribution in [2.45, 2.75) is 24.8 Å². The monoisotopic (exact) mass is 302 g/mol. The number of pyridine rings is 1. The smallest absolute Gasteiger partial charge is 0.329 e. The van der Waals surface area contributed by atoms with Crippen LogP contribution in [0.1, 0.15) is 29.6 Å². The Morgan fingerprint density at radius 2 is 2.05 bits per heavy atom. The van der Waals surface area contributed by atoms with Gasteiger partial charge in [-0.25, -0.2) is 4.79 Å². The highest BCUT2D eigenvalue weighted by molar-refractivity contribution is 5.98. The summed E-state index contributed by atoms with van der Waals surface area (Å²) in [5.74, 6) is -1.28. The van der Waals surface area contributed by atoms with Crippen LogP contribution in [0, 0.1) is 0 Å². The number of carbonyl (C=O) groups excluding carboxylic acids is 1. The Bertz CT molecular complexity index is 771. The predicted molar refractivity (Wildman–Crippen MR) is 76.4 cm³/mol. The molecule has 3 rings (SSSR count). The Morgan fingerprint density at radius 3 is 2.55 bits per heavy atom. The SMILES string of the molecule is O=C(NC1(C(=O)O)CCC1)c1ccc(-c2ccco2)[nH]c1=O. The van der Waals surface area contributed by atoms with Crippen molar-refractivity contribution in [1.29, 1.82) is 0 Å². The molecule has 2 aromatic heterocycles. The first kappa shape index (κ1) is 14.1. The van der Waals surface area contributed by atoms with Gasteiger partial charge in [-0.1, -0.05) is 0 Å². The normalized spacial score (nSPS) is 15.8.